The van der Waals surface area contributed by atoms with Crippen molar-refractivity contribution in [3.63, 3.8) is 0 Å². The third kappa shape index (κ3) is 4.79. The van der Waals surface area contributed by atoms with Gasteiger partial charge in [-0.15, -0.1) is 0 Å². The molecule has 4 aromatic rings. The number of carbonyl (C=O) groups excluding carboxylic acids is 2. The Bertz CT molecular complexity index is 1360. The molecular weight excluding hydrogens is 455 g/mol. The number of esters is 1. The predicted molar refractivity (Wildman–Crippen MR) is 135 cm³/mol. The summed E-state index contributed by atoms with van der Waals surface area (Å²) in [5, 5.41) is 4.13. The summed E-state index contributed by atoms with van der Waals surface area (Å²) in [6, 6.07) is 32.1. The Morgan fingerprint density at radius 1 is 0.861 bits per heavy atom. The monoisotopic (exact) mass is 478 g/mol. The maximum absolute atomic E-state index is 13.3. The first-order valence-electron chi connectivity index (χ1n) is 11.6. The van der Waals surface area contributed by atoms with Gasteiger partial charge in [0.05, 0.1) is 17.7 Å². The zero-order valence-corrected chi connectivity index (χ0v) is 19.3. The number of hydrogen-bond acceptors (Lipinski definition) is 4. The smallest absolute Gasteiger partial charge is 0.343 e. The molecule has 5 rings (SSSR count). The van der Waals surface area contributed by atoms with Crippen molar-refractivity contribution in [2.45, 2.75) is 11.8 Å². The largest absolute Gasteiger partial charge is 0.423 e. The van der Waals surface area contributed by atoms with Crippen LogP contribution in [0.4, 0.5) is 4.39 Å². The molecule has 1 saturated carbocycles. The van der Waals surface area contributed by atoms with Gasteiger partial charge in [-0.3, -0.25) is 4.79 Å². The lowest BCUT2D eigenvalue weighted by atomic mass is 9.85. The van der Waals surface area contributed by atoms with Crippen molar-refractivity contribution in [3.8, 4) is 5.75 Å². The molecule has 0 bridgehead atoms. The van der Waals surface area contributed by atoms with Crippen LogP contribution in [0.3, 0.4) is 0 Å². The Labute approximate surface area is 208 Å². The molecule has 1 N–H and O–H groups in total. The zero-order chi connectivity index (χ0) is 25.0. The van der Waals surface area contributed by atoms with Crippen LogP contribution >= 0.6 is 0 Å². The number of hydrazone groups is 1. The fourth-order valence-electron chi connectivity index (χ4n) is 4.51. The van der Waals surface area contributed by atoms with Crippen LogP contribution in [-0.2, 0) is 10.2 Å². The molecule has 0 spiro atoms. The normalized spacial score (nSPS) is 15.9. The molecule has 1 atom stereocenters. The average Bonchev–Trinajstić information content (AvgIpc) is 3.68. The number of amides is 1. The molecule has 0 aliphatic heterocycles. The second kappa shape index (κ2) is 9.96. The molecular formula is C30H23FN2O3. The first-order valence-corrected chi connectivity index (χ1v) is 11.6. The number of carbonyl (C=O) groups is 2. The summed E-state index contributed by atoms with van der Waals surface area (Å²) in [5.41, 5.74) is 5.39. The topological polar surface area (TPSA) is 67.8 Å². The van der Waals surface area contributed by atoms with Gasteiger partial charge in [0.2, 0.25) is 5.91 Å². The van der Waals surface area contributed by atoms with Crippen molar-refractivity contribution < 1.29 is 18.7 Å². The predicted octanol–water partition coefficient (Wildman–Crippen LogP) is 5.50. The van der Waals surface area contributed by atoms with Crippen LogP contribution in [0.5, 0.6) is 5.75 Å². The first-order chi connectivity index (χ1) is 17.6. The highest BCUT2D eigenvalue weighted by atomic mass is 19.1. The van der Waals surface area contributed by atoms with Crippen LogP contribution in [0, 0.1) is 11.7 Å². The molecule has 0 aromatic heterocycles. The molecule has 5 nitrogen and oxygen atoms in total. The number of rotatable bonds is 7. The zero-order valence-electron chi connectivity index (χ0n) is 19.3. The van der Waals surface area contributed by atoms with Gasteiger partial charge in [0.15, 0.2) is 0 Å². The van der Waals surface area contributed by atoms with Crippen LogP contribution in [0.1, 0.15) is 33.5 Å². The van der Waals surface area contributed by atoms with E-state index in [0.29, 0.717) is 17.7 Å². The molecule has 0 saturated heterocycles. The lowest BCUT2D eigenvalue weighted by Gasteiger charge is -2.18. The number of nitrogens with zero attached hydrogens (tertiary/aromatic N) is 1. The van der Waals surface area contributed by atoms with Crippen molar-refractivity contribution in [1.82, 2.24) is 5.43 Å². The maximum atomic E-state index is 13.3. The van der Waals surface area contributed by atoms with Gasteiger partial charge in [0.25, 0.3) is 0 Å². The van der Waals surface area contributed by atoms with E-state index in [0.717, 1.165) is 17.2 Å². The lowest BCUT2D eigenvalue weighted by Crippen LogP contribution is -2.25. The minimum Gasteiger partial charge on any atom is -0.423 e. The van der Waals surface area contributed by atoms with E-state index in [2.05, 4.69) is 34.8 Å². The summed E-state index contributed by atoms with van der Waals surface area (Å²) in [6.07, 6.45) is 2.25. The lowest BCUT2D eigenvalue weighted by molar-refractivity contribution is -0.122. The Kier molecular flexibility index (Phi) is 6.41. The van der Waals surface area contributed by atoms with Crippen molar-refractivity contribution in [3.05, 3.63) is 137 Å². The number of nitrogens with one attached hydrogen (secondary N) is 1. The minimum atomic E-state index is -0.645. The van der Waals surface area contributed by atoms with Gasteiger partial charge >= 0.3 is 5.97 Å². The summed E-state index contributed by atoms with van der Waals surface area (Å²) in [4.78, 5) is 25.1. The number of benzene rings is 4. The van der Waals surface area contributed by atoms with E-state index in [9.17, 15) is 14.0 Å². The summed E-state index contributed by atoms with van der Waals surface area (Å²) in [5.74, 6) is -1.19. The molecule has 4 aromatic carbocycles. The first kappa shape index (κ1) is 23.2. The highest BCUT2D eigenvalue weighted by Gasteiger charge is 2.60. The van der Waals surface area contributed by atoms with E-state index in [1.165, 1.54) is 24.4 Å². The number of hydrogen-bond donors (Lipinski definition) is 1. The van der Waals surface area contributed by atoms with Crippen molar-refractivity contribution in [2.75, 3.05) is 0 Å². The van der Waals surface area contributed by atoms with Gasteiger partial charge in [-0.2, -0.15) is 5.10 Å². The molecule has 36 heavy (non-hydrogen) atoms. The van der Waals surface area contributed by atoms with Crippen molar-refractivity contribution in [2.24, 2.45) is 11.0 Å². The second-order valence-corrected chi connectivity index (χ2v) is 8.66. The number of halogens is 1. The van der Waals surface area contributed by atoms with E-state index in [-0.39, 0.29) is 22.8 Å². The highest BCUT2D eigenvalue weighted by Crippen LogP contribution is 2.58. The Morgan fingerprint density at radius 2 is 1.50 bits per heavy atom. The third-order valence-electron chi connectivity index (χ3n) is 6.39. The summed E-state index contributed by atoms with van der Waals surface area (Å²) >= 11 is 0. The molecule has 0 radical (unpaired) electrons. The van der Waals surface area contributed by atoms with Crippen LogP contribution < -0.4 is 10.2 Å². The highest BCUT2D eigenvalue weighted by molar-refractivity contribution is 5.91. The van der Waals surface area contributed by atoms with Gasteiger partial charge in [-0.05, 0) is 65.6 Å². The van der Waals surface area contributed by atoms with Gasteiger partial charge < -0.3 is 4.74 Å². The molecule has 1 aliphatic carbocycles. The van der Waals surface area contributed by atoms with Crippen LogP contribution in [0.15, 0.2) is 114 Å². The van der Waals surface area contributed by atoms with Crippen molar-refractivity contribution >= 4 is 18.1 Å². The van der Waals surface area contributed by atoms with E-state index in [4.69, 9.17) is 4.74 Å². The fraction of sp³-hybridized carbons (Fsp3) is 0.100. The molecule has 1 fully saturated rings. The molecule has 0 unspecified atom stereocenters. The Hall–Kier alpha value is -4.58. The summed E-state index contributed by atoms with van der Waals surface area (Å²) in [7, 11) is 0. The number of ether oxygens (including phenoxy) is 1. The van der Waals surface area contributed by atoms with Gasteiger partial charge in [0.1, 0.15) is 11.6 Å². The van der Waals surface area contributed by atoms with E-state index in [1.807, 2.05) is 36.4 Å². The van der Waals surface area contributed by atoms with Crippen LogP contribution in [0.2, 0.25) is 0 Å². The second-order valence-electron chi connectivity index (χ2n) is 8.66. The standard InChI is InChI=1S/C30H23FN2O3/c31-25-13-7-8-22(18-25)29(35)36-26-16-14-21(15-17-26)20-32-33-28(34)27-19-30(27,23-9-3-1-4-10-23)24-11-5-2-6-12-24/h1-18,20,27H,19H2,(H,33,34)/b32-20-/t27-/m1/s1. The average molecular weight is 479 g/mol. The van der Waals surface area contributed by atoms with E-state index in [1.54, 1.807) is 24.3 Å². The minimum absolute atomic E-state index is 0.130. The fourth-order valence-corrected chi connectivity index (χ4v) is 4.51. The molecule has 178 valence electrons. The van der Waals surface area contributed by atoms with E-state index >= 15 is 0 Å². The van der Waals surface area contributed by atoms with Gasteiger partial charge in [0, 0.05) is 5.41 Å². The van der Waals surface area contributed by atoms with Crippen molar-refractivity contribution in [1.29, 1.82) is 0 Å². The Balaban J connectivity index is 1.22. The Morgan fingerprint density at radius 3 is 2.11 bits per heavy atom. The molecule has 0 heterocycles. The molecule has 6 heteroatoms. The summed E-state index contributed by atoms with van der Waals surface area (Å²) < 4.78 is 18.6. The summed E-state index contributed by atoms with van der Waals surface area (Å²) in [6.45, 7) is 0. The van der Waals surface area contributed by atoms with E-state index < -0.39 is 11.8 Å². The quantitative estimate of drug-likeness (QED) is 0.165. The van der Waals surface area contributed by atoms with Gasteiger partial charge in [-0.1, -0.05) is 66.7 Å². The SMILES string of the molecule is O=C(Oc1ccc(/C=N\NC(=O)[C@H]2CC2(c2ccccc2)c2ccccc2)cc1)c1cccc(F)c1. The van der Waals surface area contributed by atoms with Gasteiger partial charge in [-0.25, -0.2) is 14.6 Å². The maximum Gasteiger partial charge on any atom is 0.343 e. The molecule has 1 amide bonds. The van der Waals surface area contributed by atoms with Crippen LogP contribution in [-0.4, -0.2) is 18.1 Å². The van der Waals surface area contributed by atoms with Crippen LogP contribution in [0.25, 0.3) is 0 Å². The molecule has 1 aliphatic rings. The third-order valence-corrected chi connectivity index (χ3v) is 6.39.